The molecule has 0 heterocycles. The zero-order valence-electron chi connectivity index (χ0n) is 29.7. The van der Waals surface area contributed by atoms with Gasteiger partial charge in [0.05, 0.1) is 5.41 Å². The van der Waals surface area contributed by atoms with Crippen molar-refractivity contribution in [3.8, 4) is 0 Å². The van der Waals surface area contributed by atoms with Gasteiger partial charge in [-0.3, -0.25) is 14.4 Å². The number of ketones is 2. The normalized spacial score (nSPS) is 39.5. The molecule has 2 N–H and O–H groups in total. The van der Waals surface area contributed by atoms with Gasteiger partial charge in [-0.05, 0) is 121 Å². The number of hydrogen-bond donors (Lipinski definition) is 2. The molecule has 3 saturated carbocycles. The molecule has 0 aromatic rings. The number of aliphatic hydroxyl groups excluding tert-OH is 1. The molecule has 0 amide bonds. The van der Waals surface area contributed by atoms with Crippen molar-refractivity contribution in [2.45, 2.75) is 124 Å². The van der Waals surface area contributed by atoms with E-state index in [-0.39, 0.29) is 34.9 Å². The maximum atomic E-state index is 14.6. The summed E-state index contributed by atoms with van der Waals surface area (Å²) in [6, 6.07) is 0. The molecule has 47 heavy (non-hydrogen) atoms. The van der Waals surface area contributed by atoms with Crippen molar-refractivity contribution in [1.82, 2.24) is 0 Å². The molecule has 0 radical (unpaired) electrons. The monoisotopic (exact) mass is 644 g/mol. The average Bonchev–Trinajstić information content (AvgIpc) is 3.30. The van der Waals surface area contributed by atoms with Crippen LogP contribution in [0.1, 0.15) is 113 Å². The van der Waals surface area contributed by atoms with Crippen LogP contribution < -0.4 is 0 Å². The second-order valence-corrected chi connectivity index (χ2v) is 15.9. The molecule has 1 unspecified atom stereocenters. The Morgan fingerprint density at radius 2 is 1.77 bits per heavy atom. The molecule has 0 spiro atoms. The van der Waals surface area contributed by atoms with Crippen LogP contribution in [0, 0.1) is 34.0 Å². The van der Waals surface area contributed by atoms with E-state index in [4.69, 9.17) is 4.74 Å². The maximum absolute atomic E-state index is 14.6. The van der Waals surface area contributed by atoms with E-state index in [9.17, 15) is 24.6 Å². The maximum Gasteiger partial charge on any atom is 0.316 e. The van der Waals surface area contributed by atoms with Gasteiger partial charge in [0.1, 0.15) is 18.3 Å². The van der Waals surface area contributed by atoms with Crippen LogP contribution in [-0.4, -0.2) is 46.1 Å². The highest BCUT2D eigenvalue weighted by molar-refractivity contribution is 5.92. The summed E-state index contributed by atoms with van der Waals surface area (Å²) in [5.74, 6) is -0.457. The van der Waals surface area contributed by atoms with Crippen molar-refractivity contribution in [3.63, 3.8) is 0 Å². The third-order valence-electron chi connectivity index (χ3n) is 13.3. The van der Waals surface area contributed by atoms with Crippen LogP contribution in [0.2, 0.25) is 0 Å². The van der Waals surface area contributed by atoms with E-state index >= 15 is 0 Å². The Bertz CT molecular complexity index is 1490. The van der Waals surface area contributed by atoms with Crippen LogP contribution in [0.5, 0.6) is 0 Å². The molecular weight excluding hydrogens is 588 g/mol. The fourth-order valence-corrected chi connectivity index (χ4v) is 10.3. The predicted octanol–water partition coefficient (Wildman–Crippen LogP) is 7.86. The van der Waals surface area contributed by atoms with Crippen LogP contribution in [0.3, 0.4) is 0 Å². The van der Waals surface area contributed by atoms with Crippen LogP contribution in [0.4, 0.5) is 0 Å². The minimum atomic E-state index is -1.66. The molecule has 0 saturated heterocycles. The first-order valence-corrected chi connectivity index (χ1v) is 17.8. The molecule has 3 fully saturated rings. The highest BCUT2D eigenvalue weighted by atomic mass is 16.5. The van der Waals surface area contributed by atoms with Crippen LogP contribution in [0.15, 0.2) is 70.4 Å². The van der Waals surface area contributed by atoms with E-state index < -0.39 is 34.9 Å². The molecule has 5 aliphatic carbocycles. The Morgan fingerprint density at radius 3 is 2.47 bits per heavy atom. The summed E-state index contributed by atoms with van der Waals surface area (Å²) < 4.78 is 6.78. The van der Waals surface area contributed by atoms with Gasteiger partial charge in [-0.2, -0.15) is 0 Å². The van der Waals surface area contributed by atoms with Gasteiger partial charge >= 0.3 is 5.97 Å². The SMILES string of the molecule is CC=C(C)C=CC=C(C)C=CC1=C(C)CCCC1(C)C(=O)O[C@H]1C[C@@]2(C)[C@@H](CC[C@]2(O)C(=O)CO)[C@@H]2CCC3=CC(=O)CC[C@]3(C)[C@H]21. The van der Waals surface area contributed by atoms with Gasteiger partial charge in [0.15, 0.2) is 11.6 Å². The number of rotatable bonds is 8. The van der Waals surface area contributed by atoms with E-state index in [1.165, 1.54) is 11.1 Å². The Labute approximate surface area is 281 Å². The lowest BCUT2D eigenvalue weighted by Gasteiger charge is -2.61. The zero-order chi connectivity index (χ0) is 34.4. The number of allylic oxidation sites excluding steroid dienone is 10. The average molecular weight is 645 g/mol. The topological polar surface area (TPSA) is 101 Å². The summed E-state index contributed by atoms with van der Waals surface area (Å²) in [6.07, 6.45) is 20.4. The number of Topliss-reactive ketones (excluding diaryl/α,β-unsaturated/α-hetero) is 1. The third-order valence-corrected chi connectivity index (χ3v) is 13.3. The summed E-state index contributed by atoms with van der Waals surface area (Å²) in [5, 5.41) is 21.9. The van der Waals surface area contributed by atoms with Crippen LogP contribution >= 0.6 is 0 Å². The Balaban J connectivity index is 1.51. The lowest BCUT2D eigenvalue weighted by atomic mass is 9.45. The van der Waals surface area contributed by atoms with Gasteiger partial charge in [-0.25, -0.2) is 0 Å². The Hall–Kier alpha value is -2.83. The highest BCUT2D eigenvalue weighted by Crippen LogP contribution is 2.68. The minimum Gasteiger partial charge on any atom is -0.461 e. The zero-order valence-corrected chi connectivity index (χ0v) is 29.7. The van der Waals surface area contributed by atoms with E-state index in [0.29, 0.717) is 38.5 Å². The van der Waals surface area contributed by atoms with Gasteiger partial charge in [0.25, 0.3) is 0 Å². The lowest BCUT2D eigenvalue weighted by Crippen LogP contribution is -2.63. The van der Waals surface area contributed by atoms with Gasteiger partial charge < -0.3 is 14.9 Å². The Kier molecular flexibility index (Phi) is 9.99. The van der Waals surface area contributed by atoms with Gasteiger partial charge in [0, 0.05) is 17.8 Å². The molecular formula is C41H56O6. The molecule has 6 heteroatoms. The Morgan fingerprint density at radius 1 is 1.02 bits per heavy atom. The molecule has 0 aromatic heterocycles. The molecule has 256 valence electrons. The molecule has 0 aliphatic heterocycles. The summed E-state index contributed by atoms with van der Waals surface area (Å²) in [7, 11) is 0. The van der Waals surface area contributed by atoms with Crippen molar-refractivity contribution in [2.75, 3.05) is 6.61 Å². The second kappa shape index (κ2) is 13.2. The lowest BCUT2D eigenvalue weighted by molar-refractivity contribution is -0.200. The van der Waals surface area contributed by atoms with Crippen molar-refractivity contribution in [2.24, 2.45) is 34.0 Å². The van der Waals surface area contributed by atoms with Crippen LogP contribution in [-0.2, 0) is 19.1 Å². The molecule has 5 rings (SSSR count). The number of carbonyl (C=O) groups is 3. The molecule has 0 bridgehead atoms. The first-order valence-electron chi connectivity index (χ1n) is 17.8. The standard InChI is InChI=1S/C41H56O6/c1-8-26(2)11-9-12-27(3)14-17-32-28(4)13-10-20-39(32,6)37(45)47-34-24-40(7)33(19-22-41(40,46)35(44)25-42)31-16-15-29-23-30(43)18-21-38(29,5)36(31)34/h8-9,11-12,14,17,23,31,33-34,36,42,46H,10,13,15-16,18-22,24-25H2,1-7H3/t31-,33-,34-,36+,38-,39?,40-,41-/m0/s1. The number of fused-ring (bicyclic) bond motifs is 5. The largest absolute Gasteiger partial charge is 0.461 e. The minimum absolute atomic E-state index is 0.0157. The number of aliphatic hydroxyl groups is 2. The first kappa shape index (κ1) is 35.5. The van der Waals surface area contributed by atoms with E-state index in [2.05, 4.69) is 58.1 Å². The molecule has 8 atom stereocenters. The van der Waals surface area contributed by atoms with Gasteiger partial charge in [-0.1, -0.05) is 72.6 Å². The van der Waals surface area contributed by atoms with E-state index in [1.807, 2.05) is 32.9 Å². The number of ether oxygens (including phenoxy) is 1. The summed E-state index contributed by atoms with van der Waals surface area (Å²) >= 11 is 0. The molecule has 0 aromatic carbocycles. The smallest absolute Gasteiger partial charge is 0.316 e. The second-order valence-electron chi connectivity index (χ2n) is 15.9. The van der Waals surface area contributed by atoms with Crippen molar-refractivity contribution < 1.29 is 29.3 Å². The van der Waals surface area contributed by atoms with E-state index in [0.717, 1.165) is 42.4 Å². The molecule has 6 nitrogen and oxygen atoms in total. The summed E-state index contributed by atoms with van der Waals surface area (Å²) in [6.45, 7) is 13.8. The van der Waals surface area contributed by atoms with Crippen molar-refractivity contribution >= 4 is 17.5 Å². The third kappa shape index (κ3) is 6.03. The number of hydrogen-bond acceptors (Lipinski definition) is 6. The summed E-state index contributed by atoms with van der Waals surface area (Å²) in [5.41, 5.74) is 1.98. The summed E-state index contributed by atoms with van der Waals surface area (Å²) in [4.78, 5) is 40.4. The van der Waals surface area contributed by atoms with Crippen molar-refractivity contribution in [3.05, 3.63) is 70.4 Å². The van der Waals surface area contributed by atoms with Gasteiger partial charge in [0.2, 0.25) is 0 Å². The quantitative estimate of drug-likeness (QED) is 0.206. The number of carbonyl (C=O) groups excluding carboxylic acids is 3. The van der Waals surface area contributed by atoms with Gasteiger partial charge in [-0.15, -0.1) is 0 Å². The van der Waals surface area contributed by atoms with E-state index in [1.54, 1.807) is 0 Å². The fraction of sp³-hybridized carbons (Fsp3) is 0.634. The fourth-order valence-electron chi connectivity index (χ4n) is 10.3. The first-order chi connectivity index (χ1) is 22.1. The number of esters is 1. The van der Waals surface area contributed by atoms with Crippen molar-refractivity contribution in [1.29, 1.82) is 0 Å². The highest BCUT2D eigenvalue weighted by Gasteiger charge is 2.69. The molecule has 5 aliphatic rings. The van der Waals surface area contributed by atoms with Crippen LogP contribution in [0.25, 0.3) is 0 Å². The predicted molar refractivity (Wildman–Crippen MR) is 185 cm³/mol.